The number of para-hydroxylation sites is 1. The molecule has 0 saturated heterocycles. The van der Waals surface area contributed by atoms with E-state index in [0.717, 1.165) is 96.5 Å². The summed E-state index contributed by atoms with van der Waals surface area (Å²) in [5.74, 6) is 1.00. The summed E-state index contributed by atoms with van der Waals surface area (Å²) in [4.78, 5) is 10.6. The Balaban J connectivity index is 0.00000533. The van der Waals surface area contributed by atoms with Crippen LogP contribution in [0.25, 0.3) is 83.9 Å². The molecule has 1 aliphatic carbocycles. The number of imidazole rings is 1. The Hall–Kier alpha value is -6.35. The van der Waals surface area contributed by atoms with Gasteiger partial charge in [0.25, 0.3) is 0 Å². The molecule has 4 nitrogen and oxygen atoms in total. The molecule has 1 aliphatic rings. The maximum atomic E-state index is 12.7. The van der Waals surface area contributed by atoms with Crippen molar-refractivity contribution < 1.29 is 26.2 Å². The molecule has 5 heteroatoms. The molecular formula is C60H54N3OPt-. The van der Waals surface area contributed by atoms with Crippen molar-refractivity contribution in [3.63, 3.8) is 0 Å². The first-order valence-electron chi connectivity index (χ1n) is 22.5. The molecule has 65 heavy (non-hydrogen) atoms. The molecular weight excluding hydrogens is 974 g/mol. The number of rotatable bonds is 7. The molecule has 9 aromatic rings. The van der Waals surface area contributed by atoms with Gasteiger partial charge in [-0.3, -0.25) is 9.55 Å². The van der Waals surface area contributed by atoms with E-state index < -0.39 is 0 Å². The topological polar surface area (TPSA) is 50.9 Å². The molecule has 0 amide bonds. The summed E-state index contributed by atoms with van der Waals surface area (Å²) in [7, 11) is 0. The maximum Gasteiger partial charge on any atom is 0.148 e. The van der Waals surface area contributed by atoms with E-state index in [9.17, 15) is 5.11 Å². The number of hydrogen-bond acceptors (Lipinski definition) is 3. The Morgan fingerprint density at radius 2 is 1.20 bits per heavy atom. The molecule has 1 N–H and O–H groups in total. The second-order valence-corrected chi connectivity index (χ2v) is 19.8. The monoisotopic (exact) mass is 1030 g/mol. The number of pyridine rings is 1. The van der Waals surface area contributed by atoms with Crippen molar-refractivity contribution in [1.82, 2.24) is 14.5 Å². The zero-order chi connectivity index (χ0) is 44.4. The predicted molar refractivity (Wildman–Crippen MR) is 266 cm³/mol. The van der Waals surface area contributed by atoms with Crippen LogP contribution in [-0.2, 0) is 37.3 Å². The fourth-order valence-electron chi connectivity index (χ4n) is 9.73. The van der Waals surface area contributed by atoms with Crippen LogP contribution in [0.5, 0.6) is 5.75 Å². The molecule has 0 unspecified atom stereocenters. The fourth-order valence-corrected chi connectivity index (χ4v) is 9.73. The summed E-state index contributed by atoms with van der Waals surface area (Å²) in [5, 5.41) is 12.7. The molecule has 0 fully saturated rings. The van der Waals surface area contributed by atoms with E-state index in [-0.39, 0.29) is 37.3 Å². The normalized spacial score (nSPS) is 14.1. The SMILES string of the molecule is CC(C)(C)c1ccc(-n2c(-c3ccc4c(c3O)C(C)(C)CCC4(C)C)nc3c(-c4[c-]c(-c5cc(-c6ccccc6)ccn5)cc(-c5ccccc5)c4)cccc32)c(-c2ccccc2)c1.[Pt]. The van der Waals surface area contributed by atoms with Gasteiger partial charge in [-0.25, -0.2) is 4.98 Å². The smallest absolute Gasteiger partial charge is 0.148 e. The van der Waals surface area contributed by atoms with E-state index in [1.807, 2.05) is 12.3 Å². The molecule has 10 rings (SSSR count). The molecule has 7 aromatic carbocycles. The number of phenols is 1. The molecule has 0 saturated carbocycles. The number of aromatic hydroxyl groups is 1. The van der Waals surface area contributed by atoms with Crippen LogP contribution >= 0.6 is 0 Å². The van der Waals surface area contributed by atoms with Crippen LogP contribution in [0.3, 0.4) is 0 Å². The summed E-state index contributed by atoms with van der Waals surface area (Å²) in [5.41, 5.74) is 16.8. The van der Waals surface area contributed by atoms with Gasteiger partial charge in [0.2, 0.25) is 0 Å². The van der Waals surface area contributed by atoms with E-state index in [0.29, 0.717) is 11.6 Å². The van der Waals surface area contributed by atoms with Gasteiger partial charge in [0, 0.05) is 44.1 Å². The van der Waals surface area contributed by atoms with Crippen molar-refractivity contribution in [2.75, 3.05) is 0 Å². The Morgan fingerprint density at radius 3 is 1.88 bits per heavy atom. The Labute approximate surface area is 398 Å². The summed E-state index contributed by atoms with van der Waals surface area (Å²) >= 11 is 0. The molecule has 2 heterocycles. The average molecular weight is 1030 g/mol. The zero-order valence-corrected chi connectivity index (χ0v) is 40.5. The second kappa shape index (κ2) is 16.9. The molecule has 0 aliphatic heterocycles. The molecule has 0 bridgehead atoms. The van der Waals surface area contributed by atoms with Gasteiger partial charge in [-0.05, 0) is 92.8 Å². The van der Waals surface area contributed by atoms with Gasteiger partial charge in [-0.2, -0.15) is 0 Å². The predicted octanol–water partition coefficient (Wildman–Crippen LogP) is 15.6. The maximum absolute atomic E-state index is 12.7. The van der Waals surface area contributed by atoms with Crippen molar-refractivity contribution in [2.24, 2.45) is 0 Å². The third-order valence-electron chi connectivity index (χ3n) is 13.5. The number of benzene rings is 7. The summed E-state index contributed by atoms with van der Waals surface area (Å²) in [6.07, 6.45) is 3.93. The van der Waals surface area contributed by atoms with Crippen LogP contribution in [0.1, 0.15) is 78.0 Å². The van der Waals surface area contributed by atoms with Crippen LogP contribution in [-0.4, -0.2) is 19.6 Å². The van der Waals surface area contributed by atoms with Crippen molar-refractivity contribution in [2.45, 2.75) is 77.6 Å². The summed E-state index contributed by atoms with van der Waals surface area (Å²) in [6.45, 7) is 15.9. The van der Waals surface area contributed by atoms with Gasteiger partial charge < -0.3 is 5.11 Å². The average Bonchev–Trinajstić information content (AvgIpc) is 3.70. The number of fused-ring (bicyclic) bond motifs is 2. The van der Waals surface area contributed by atoms with Gasteiger partial charge in [0.1, 0.15) is 11.6 Å². The van der Waals surface area contributed by atoms with Gasteiger partial charge in [0.15, 0.2) is 0 Å². The Kier molecular flexibility index (Phi) is 11.4. The third-order valence-corrected chi connectivity index (χ3v) is 13.5. The van der Waals surface area contributed by atoms with Crippen LogP contribution < -0.4 is 0 Å². The summed E-state index contributed by atoms with van der Waals surface area (Å²) in [6, 6.07) is 61.7. The second-order valence-electron chi connectivity index (χ2n) is 19.8. The van der Waals surface area contributed by atoms with E-state index in [1.165, 1.54) is 11.1 Å². The largest absolute Gasteiger partial charge is 0.507 e. The number of aromatic nitrogens is 3. The quantitative estimate of drug-likeness (QED) is 0.162. The molecule has 0 spiro atoms. The minimum atomic E-state index is -0.217. The first kappa shape index (κ1) is 43.9. The van der Waals surface area contributed by atoms with Gasteiger partial charge in [0.05, 0.1) is 22.3 Å². The first-order valence-corrected chi connectivity index (χ1v) is 22.5. The van der Waals surface area contributed by atoms with Gasteiger partial charge >= 0.3 is 0 Å². The molecule has 326 valence electrons. The molecule has 0 radical (unpaired) electrons. The summed E-state index contributed by atoms with van der Waals surface area (Å²) < 4.78 is 2.28. The van der Waals surface area contributed by atoms with Gasteiger partial charge in [-0.1, -0.05) is 186 Å². The molecule has 2 aromatic heterocycles. The van der Waals surface area contributed by atoms with Crippen LogP contribution in [0.15, 0.2) is 170 Å². The van der Waals surface area contributed by atoms with E-state index in [4.69, 9.17) is 9.97 Å². The van der Waals surface area contributed by atoms with Crippen molar-refractivity contribution in [3.8, 4) is 78.6 Å². The fraction of sp³-hybridized carbons (Fsp3) is 0.200. The van der Waals surface area contributed by atoms with Gasteiger partial charge in [-0.15, -0.1) is 23.8 Å². The number of nitrogens with zero attached hydrogens (tertiary/aromatic N) is 3. The van der Waals surface area contributed by atoms with Crippen molar-refractivity contribution >= 4 is 11.0 Å². The third kappa shape index (κ3) is 8.08. The van der Waals surface area contributed by atoms with Crippen LogP contribution in [0.2, 0.25) is 0 Å². The van der Waals surface area contributed by atoms with Crippen LogP contribution in [0.4, 0.5) is 0 Å². The number of hydrogen-bond donors (Lipinski definition) is 1. The minimum Gasteiger partial charge on any atom is -0.507 e. The first-order chi connectivity index (χ1) is 30.8. The van der Waals surface area contributed by atoms with Crippen molar-refractivity contribution in [1.29, 1.82) is 0 Å². The van der Waals surface area contributed by atoms with Crippen molar-refractivity contribution in [3.05, 3.63) is 193 Å². The Morgan fingerprint density at radius 1 is 0.569 bits per heavy atom. The van der Waals surface area contributed by atoms with E-state index in [2.05, 4.69) is 217 Å². The molecule has 0 atom stereocenters. The van der Waals surface area contributed by atoms with E-state index in [1.54, 1.807) is 0 Å². The zero-order valence-electron chi connectivity index (χ0n) is 38.2. The van der Waals surface area contributed by atoms with E-state index >= 15 is 0 Å². The number of phenolic OH excluding ortho intramolecular Hbond substituents is 1. The Bertz CT molecular complexity index is 3200. The standard InChI is InChI=1S/C60H54N3O.Pt/c1-58(2,3)46-26-29-52(49(38-46)41-22-15-10-16-23-41)63-53-25-17-24-47(55(53)62-57(63)48-27-28-50-54(56(48)64)60(6,7)32-31-59(50,4)5)44-34-43(40-20-13-9-14-21-40)35-45(36-44)51-37-42(30-33-61-51)39-18-11-8-12-19-39;/h8-30,33-35,37-38,64H,31-32H2,1-7H3;/q-1;. The van der Waals surface area contributed by atoms with Crippen LogP contribution in [0, 0.1) is 6.07 Å². The minimum absolute atomic E-state index is 0.